The Morgan fingerprint density at radius 2 is 2.27 bits per heavy atom. The second kappa shape index (κ2) is 2.97. The molecule has 3 heteroatoms. The van der Waals surface area contributed by atoms with Gasteiger partial charge in [0.15, 0.2) is 0 Å². The molecule has 0 spiro atoms. The maximum absolute atomic E-state index is 4.29. The summed E-state index contributed by atoms with van der Waals surface area (Å²) >= 11 is 3.47. The van der Waals surface area contributed by atoms with E-state index in [1.165, 1.54) is 0 Å². The van der Waals surface area contributed by atoms with Crippen molar-refractivity contribution < 1.29 is 0 Å². The van der Waals surface area contributed by atoms with Crippen molar-refractivity contribution in [3.8, 4) is 0 Å². The Morgan fingerprint density at radius 1 is 1.64 bits per heavy atom. The van der Waals surface area contributed by atoms with Crippen molar-refractivity contribution in [3.05, 3.63) is 18.2 Å². The quantitative estimate of drug-likeness (QED) is 0.693. The summed E-state index contributed by atoms with van der Waals surface area (Å²) in [6.45, 7) is 4.34. The van der Waals surface area contributed by atoms with Gasteiger partial charge in [-0.3, -0.25) is 0 Å². The monoisotopic (exact) mass is 216 g/mol. The first kappa shape index (κ1) is 8.78. The summed E-state index contributed by atoms with van der Waals surface area (Å²) in [6, 6.07) is 0. The minimum absolute atomic E-state index is 0.140. The Morgan fingerprint density at radius 3 is 2.64 bits per heavy atom. The lowest BCUT2D eigenvalue weighted by Crippen LogP contribution is -2.19. The van der Waals surface area contributed by atoms with E-state index < -0.39 is 0 Å². The standard InChI is InChI=1S/C8H13BrN2/c1-8(2,5-9)7-4-11(3)6-10-7/h4,6H,5H2,1-3H3. The fraction of sp³-hybridized carbons (Fsp3) is 0.625. The van der Waals surface area contributed by atoms with Gasteiger partial charge in [0.1, 0.15) is 0 Å². The number of aryl methyl sites for hydroxylation is 1. The van der Waals surface area contributed by atoms with Gasteiger partial charge in [0.2, 0.25) is 0 Å². The molecule has 0 saturated carbocycles. The normalized spacial score (nSPS) is 12.0. The smallest absolute Gasteiger partial charge is 0.0947 e. The van der Waals surface area contributed by atoms with Crippen LogP contribution >= 0.6 is 15.9 Å². The molecule has 0 amide bonds. The van der Waals surface area contributed by atoms with E-state index >= 15 is 0 Å². The molecule has 0 aliphatic heterocycles. The number of aromatic nitrogens is 2. The largest absolute Gasteiger partial charge is 0.340 e. The van der Waals surface area contributed by atoms with Crippen LogP contribution in [0.25, 0.3) is 0 Å². The summed E-state index contributed by atoms with van der Waals surface area (Å²) in [4.78, 5) is 4.29. The van der Waals surface area contributed by atoms with Crippen molar-refractivity contribution in [1.82, 2.24) is 9.55 Å². The van der Waals surface area contributed by atoms with Gasteiger partial charge in [-0.2, -0.15) is 0 Å². The SMILES string of the molecule is Cn1cnc(C(C)(C)CBr)c1. The van der Waals surface area contributed by atoms with Gasteiger partial charge in [0.25, 0.3) is 0 Å². The molecule has 0 atom stereocenters. The molecule has 0 aliphatic carbocycles. The second-order valence-electron chi connectivity index (χ2n) is 3.44. The highest BCUT2D eigenvalue weighted by Crippen LogP contribution is 2.22. The van der Waals surface area contributed by atoms with Gasteiger partial charge in [-0.1, -0.05) is 29.8 Å². The third kappa shape index (κ3) is 1.83. The highest BCUT2D eigenvalue weighted by molar-refractivity contribution is 9.09. The van der Waals surface area contributed by atoms with E-state index in [0.29, 0.717) is 0 Å². The van der Waals surface area contributed by atoms with E-state index in [-0.39, 0.29) is 5.41 Å². The molecule has 11 heavy (non-hydrogen) atoms. The van der Waals surface area contributed by atoms with Gasteiger partial charge < -0.3 is 4.57 Å². The first-order valence-corrected chi connectivity index (χ1v) is 4.73. The molecule has 1 rings (SSSR count). The molecular weight excluding hydrogens is 204 g/mol. The Kier molecular flexibility index (Phi) is 2.37. The number of rotatable bonds is 2. The number of halogens is 1. The summed E-state index contributed by atoms with van der Waals surface area (Å²) in [5.74, 6) is 0. The van der Waals surface area contributed by atoms with Crippen LogP contribution in [0.15, 0.2) is 12.5 Å². The molecule has 1 heterocycles. The van der Waals surface area contributed by atoms with Gasteiger partial charge >= 0.3 is 0 Å². The summed E-state index contributed by atoms with van der Waals surface area (Å²) in [5, 5.41) is 0.941. The van der Waals surface area contributed by atoms with Crippen LogP contribution in [-0.4, -0.2) is 14.9 Å². The van der Waals surface area contributed by atoms with Gasteiger partial charge in [-0.05, 0) is 0 Å². The summed E-state index contributed by atoms with van der Waals surface area (Å²) < 4.78 is 1.97. The molecule has 0 unspecified atom stereocenters. The van der Waals surface area contributed by atoms with Gasteiger partial charge in [0.05, 0.1) is 12.0 Å². The fourth-order valence-electron chi connectivity index (χ4n) is 0.831. The van der Waals surface area contributed by atoms with Crippen LogP contribution in [0.1, 0.15) is 19.5 Å². The number of hydrogen-bond donors (Lipinski definition) is 0. The lowest BCUT2D eigenvalue weighted by molar-refractivity contribution is 0.587. The Labute approximate surface area is 75.8 Å². The van der Waals surface area contributed by atoms with Crippen LogP contribution < -0.4 is 0 Å². The fourth-order valence-corrected chi connectivity index (χ4v) is 1.12. The van der Waals surface area contributed by atoms with Crippen molar-refractivity contribution in [2.24, 2.45) is 7.05 Å². The zero-order chi connectivity index (χ0) is 8.48. The molecule has 0 bridgehead atoms. The molecule has 0 aliphatic rings. The van der Waals surface area contributed by atoms with Crippen molar-refractivity contribution in [2.45, 2.75) is 19.3 Å². The summed E-state index contributed by atoms with van der Waals surface area (Å²) in [6.07, 6.45) is 3.89. The number of nitrogens with zero attached hydrogens (tertiary/aromatic N) is 2. The van der Waals surface area contributed by atoms with E-state index in [1.54, 1.807) is 0 Å². The molecule has 62 valence electrons. The zero-order valence-electron chi connectivity index (χ0n) is 7.13. The average Bonchev–Trinajstić information content (AvgIpc) is 2.36. The van der Waals surface area contributed by atoms with Crippen LogP contribution in [0.3, 0.4) is 0 Å². The van der Waals surface area contributed by atoms with Crippen molar-refractivity contribution in [3.63, 3.8) is 0 Å². The van der Waals surface area contributed by atoms with Crippen LogP contribution in [0, 0.1) is 0 Å². The molecule has 0 aromatic carbocycles. The average molecular weight is 217 g/mol. The van der Waals surface area contributed by atoms with Crippen molar-refractivity contribution >= 4 is 15.9 Å². The number of hydrogen-bond acceptors (Lipinski definition) is 1. The van der Waals surface area contributed by atoms with Crippen LogP contribution in [0.4, 0.5) is 0 Å². The topological polar surface area (TPSA) is 17.8 Å². The number of alkyl halides is 1. The highest BCUT2D eigenvalue weighted by atomic mass is 79.9. The third-order valence-electron chi connectivity index (χ3n) is 1.73. The Hall–Kier alpha value is -0.310. The molecule has 0 radical (unpaired) electrons. The first-order chi connectivity index (χ1) is 5.06. The Bertz CT molecular complexity index is 240. The molecular formula is C8H13BrN2. The first-order valence-electron chi connectivity index (χ1n) is 3.60. The second-order valence-corrected chi connectivity index (χ2v) is 4.00. The van der Waals surface area contributed by atoms with E-state index in [0.717, 1.165) is 11.0 Å². The molecule has 1 aromatic heterocycles. The molecule has 0 saturated heterocycles. The molecule has 1 aromatic rings. The Balaban J connectivity index is 2.92. The maximum atomic E-state index is 4.29. The minimum atomic E-state index is 0.140. The molecule has 2 nitrogen and oxygen atoms in total. The summed E-state index contributed by atoms with van der Waals surface area (Å²) in [5.41, 5.74) is 1.28. The van der Waals surface area contributed by atoms with E-state index in [1.807, 2.05) is 17.9 Å². The van der Waals surface area contributed by atoms with E-state index in [4.69, 9.17) is 0 Å². The van der Waals surface area contributed by atoms with Gasteiger partial charge in [0, 0.05) is 24.0 Å². The van der Waals surface area contributed by atoms with E-state index in [2.05, 4.69) is 41.0 Å². The number of imidazole rings is 1. The van der Waals surface area contributed by atoms with Crippen LogP contribution in [0.2, 0.25) is 0 Å². The van der Waals surface area contributed by atoms with E-state index in [9.17, 15) is 0 Å². The molecule has 0 fully saturated rings. The highest BCUT2D eigenvalue weighted by Gasteiger charge is 2.20. The van der Waals surface area contributed by atoms with Crippen molar-refractivity contribution in [2.75, 3.05) is 5.33 Å². The van der Waals surface area contributed by atoms with Gasteiger partial charge in [-0.25, -0.2) is 4.98 Å². The van der Waals surface area contributed by atoms with Crippen LogP contribution in [-0.2, 0) is 12.5 Å². The molecule has 0 N–H and O–H groups in total. The van der Waals surface area contributed by atoms with Crippen LogP contribution in [0.5, 0.6) is 0 Å². The van der Waals surface area contributed by atoms with Gasteiger partial charge in [-0.15, -0.1) is 0 Å². The van der Waals surface area contributed by atoms with Crippen molar-refractivity contribution in [1.29, 1.82) is 0 Å². The predicted octanol–water partition coefficient (Wildman–Crippen LogP) is 2.09. The third-order valence-corrected chi connectivity index (χ3v) is 3.13. The predicted molar refractivity (Wildman–Crippen MR) is 50.0 cm³/mol. The maximum Gasteiger partial charge on any atom is 0.0947 e. The lowest BCUT2D eigenvalue weighted by atomic mass is 9.93. The zero-order valence-corrected chi connectivity index (χ0v) is 8.72. The summed E-state index contributed by atoms with van der Waals surface area (Å²) in [7, 11) is 1.99. The lowest BCUT2D eigenvalue weighted by Gasteiger charge is -2.17. The minimum Gasteiger partial charge on any atom is -0.340 e.